The van der Waals surface area contributed by atoms with Crippen LogP contribution in [0.3, 0.4) is 0 Å². The average Bonchev–Trinajstić information content (AvgIpc) is 2.29. The van der Waals surface area contributed by atoms with Crippen LogP contribution in [0.2, 0.25) is 0 Å². The predicted octanol–water partition coefficient (Wildman–Crippen LogP) is -1.19. The van der Waals surface area contributed by atoms with Crippen molar-refractivity contribution in [3.63, 3.8) is 0 Å². The topological polar surface area (TPSA) is 87.8 Å². The Balaban J connectivity index is 2.21. The normalized spacial score (nSPS) is 21.1. The molecule has 0 saturated carbocycles. The summed E-state index contributed by atoms with van der Waals surface area (Å²) in [5.74, 6) is 0.900. The molecule has 0 aromatic heterocycles. The lowest BCUT2D eigenvalue weighted by atomic mass is 10.4. The van der Waals surface area contributed by atoms with Crippen LogP contribution in [-0.4, -0.2) is 63.5 Å². The van der Waals surface area contributed by atoms with E-state index in [1.54, 1.807) is 6.08 Å². The van der Waals surface area contributed by atoms with Crippen LogP contribution in [-0.2, 0) is 9.84 Å². The Hall–Kier alpha value is -1.08. The van der Waals surface area contributed by atoms with Gasteiger partial charge in [0.1, 0.15) is 0 Å². The van der Waals surface area contributed by atoms with Crippen molar-refractivity contribution in [1.82, 2.24) is 10.2 Å². The lowest BCUT2D eigenvalue weighted by Crippen LogP contribution is -2.41. The number of aliphatic imine (C=N–C) groups is 1. The van der Waals surface area contributed by atoms with Crippen molar-refractivity contribution in [2.75, 3.05) is 44.2 Å². The molecule has 0 spiro atoms. The first kappa shape index (κ1) is 14.0. The summed E-state index contributed by atoms with van der Waals surface area (Å²) in [7, 11) is -2.79. The van der Waals surface area contributed by atoms with Gasteiger partial charge in [0.25, 0.3) is 0 Å². The van der Waals surface area contributed by atoms with E-state index in [0.717, 1.165) is 6.54 Å². The molecule has 1 saturated heterocycles. The van der Waals surface area contributed by atoms with Crippen LogP contribution < -0.4 is 11.1 Å². The molecule has 0 amide bonds. The maximum atomic E-state index is 11.2. The number of sulfone groups is 1. The fourth-order valence-corrected chi connectivity index (χ4v) is 2.80. The van der Waals surface area contributed by atoms with Gasteiger partial charge in [0, 0.05) is 26.2 Å². The Bertz CT molecular complexity index is 364. The fourth-order valence-electron chi connectivity index (χ4n) is 1.52. The molecule has 0 aliphatic carbocycles. The van der Waals surface area contributed by atoms with E-state index in [1.807, 2.05) is 0 Å². The van der Waals surface area contributed by atoms with Crippen LogP contribution in [0.1, 0.15) is 0 Å². The monoisotopic (exact) mass is 260 g/mol. The smallest absolute Gasteiger partial charge is 0.188 e. The van der Waals surface area contributed by atoms with E-state index in [-0.39, 0.29) is 11.5 Å². The summed E-state index contributed by atoms with van der Waals surface area (Å²) in [6.07, 6.45) is 1.71. The first-order chi connectivity index (χ1) is 8.03. The number of nitrogens with zero attached hydrogens (tertiary/aromatic N) is 2. The molecule has 1 fully saturated rings. The summed E-state index contributed by atoms with van der Waals surface area (Å²) >= 11 is 0. The zero-order chi connectivity index (χ0) is 12.7. The highest BCUT2D eigenvalue weighted by atomic mass is 32.2. The summed E-state index contributed by atoms with van der Waals surface area (Å²) in [4.78, 5) is 6.23. The first-order valence-corrected chi connectivity index (χ1v) is 7.43. The molecule has 1 heterocycles. The van der Waals surface area contributed by atoms with E-state index in [1.165, 1.54) is 0 Å². The van der Waals surface area contributed by atoms with Gasteiger partial charge < -0.3 is 11.1 Å². The molecule has 0 atom stereocenters. The van der Waals surface area contributed by atoms with Gasteiger partial charge in [-0.3, -0.25) is 9.89 Å². The molecule has 98 valence electrons. The summed E-state index contributed by atoms with van der Waals surface area (Å²) in [6.45, 7) is 6.67. The van der Waals surface area contributed by atoms with Crippen LogP contribution in [0.4, 0.5) is 0 Å². The van der Waals surface area contributed by atoms with Crippen molar-refractivity contribution in [2.45, 2.75) is 0 Å². The van der Waals surface area contributed by atoms with Crippen LogP contribution in [0.5, 0.6) is 0 Å². The Labute approximate surface area is 102 Å². The van der Waals surface area contributed by atoms with E-state index >= 15 is 0 Å². The molecule has 0 radical (unpaired) electrons. The summed E-state index contributed by atoms with van der Waals surface area (Å²) < 4.78 is 22.4. The number of rotatable bonds is 5. The Kier molecular flexibility index (Phi) is 5.43. The average molecular weight is 260 g/mol. The number of nitrogens with two attached hydrogens (primary N) is 1. The van der Waals surface area contributed by atoms with Crippen molar-refractivity contribution in [3.05, 3.63) is 12.7 Å². The maximum Gasteiger partial charge on any atom is 0.188 e. The molecule has 0 bridgehead atoms. The zero-order valence-corrected chi connectivity index (χ0v) is 10.7. The largest absolute Gasteiger partial charge is 0.370 e. The highest BCUT2D eigenvalue weighted by Gasteiger charge is 2.20. The minimum Gasteiger partial charge on any atom is -0.370 e. The highest BCUT2D eigenvalue weighted by molar-refractivity contribution is 7.91. The molecular formula is C10H20N4O2S. The summed E-state index contributed by atoms with van der Waals surface area (Å²) in [5.41, 5.74) is 5.60. The summed E-state index contributed by atoms with van der Waals surface area (Å²) in [6, 6.07) is 0. The van der Waals surface area contributed by atoms with Gasteiger partial charge in [-0.1, -0.05) is 6.08 Å². The lowest BCUT2D eigenvalue weighted by Gasteiger charge is -2.25. The van der Waals surface area contributed by atoms with E-state index in [4.69, 9.17) is 5.73 Å². The minimum absolute atomic E-state index is 0.251. The van der Waals surface area contributed by atoms with Gasteiger partial charge in [-0.2, -0.15) is 0 Å². The highest BCUT2D eigenvalue weighted by Crippen LogP contribution is 2.02. The molecule has 1 aliphatic heterocycles. The van der Waals surface area contributed by atoms with Crippen molar-refractivity contribution in [3.8, 4) is 0 Å². The quantitative estimate of drug-likeness (QED) is 0.368. The molecule has 1 aliphatic rings. The third-order valence-corrected chi connectivity index (χ3v) is 4.17. The predicted molar refractivity (Wildman–Crippen MR) is 69.8 cm³/mol. The molecule has 7 heteroatoms. The number of hydrogen-bond acceptors (Lipinski definition) is 4. The third-order valence-electron chi connectivity index (χ3n) is 2.56. The number of guanidine groups is 1. The second kappa shape index (κ2) is 6.61. The van der Waals surface area contributed by atoms with Crippen LogP contribution >= 0.6 is 0 Å². The van der Waals surface area contributed by atoms with E-state index in [0.29, 0.717) is 32.1 Å². The molecule has 1 rings (SSSR count). The van der Waals surface area contributed by atoms with E-state index in [2.05, 4.69) is 21.8 Å². The van der Waals surface area contributed by atoms with Crippen molar-refractivity contribution >= 4 is 15.8 Å². The van der Waals surface area contributed by atoms with Gasteiger partial charge in [-0.15, -0.1) is 6.58 Å². The van der Waals surface area contributed by atoms with Gasteiger partial charge in [-0.25, -0.2) is 8.42 Å². The second-order valence-electron chi connectivity index (χ2n) is 3.93. The maximum absolute atomic E-state index is 11.2. The molecular weight excluding hydrogens is 240 g/mol. The lowest BCUT2D eigenvalue weighted by molar-refractivity contribution is 0.304. The fraction of sp³-hybridized carbons (Fsp3) is 0.700. The molecule has 0 aromatic carbocycles. The van der Waals surface area contributed by atoms with Crippen LogP contribution in [0.15, 0.2) is 17.6 Å². The minimum atomic E-state index is -2.79. The molecule has 6 nitrogen and oxygen atoms in total. The SMILES string of the molecule is C=CCNC(N)=NCCN1CCS(=O)(=O)CC1. The number of nitrogens with one attached hydrogen (secondary N) is 1. The third kappa shape index (κ3) is 5.69. The van der Waals surface area contributed by atoms with E-state index < -0.39 is 9.84 Å². The zero-order valence-electron chi connectivity index (χ0n) is 9.93. The Morgan fingerprint density at radius 2 is 2.12 bits per heavy atom. The Morgan fingerprint density at radius 3 is 2.71 bits per heavy atom. The van der Waals surface area contributed by atoms with Gasteiger partial charge in [0.2, 0.25) is 0 Å². The molecule has 17 heavy (non-hydrogen) atoms. The molecule has 0 aromatic rings. The van der Waals surface area contributed by atoms with Crippen molar-refractivity contribution < 1.29 is 8.42 Å². The van der Waals surface area contributed by atoms with Gasteiger partial charge >= 0.3 is 0 Å². The standard InChI is InChI=1S/C10H20N4O2S/c1-2-3-12-10(11)13-4-5-14-6-8-17(15,16)9-7-14/h2H,1,3-9H2,(H3,11,12,13). The second-order valence-corrected chi connectivity index (χ2v) is 6.23. The van der Waals surface area contributed by atoms with Crippen LogP contribution in [0.25, 0.3) is 0 Å². The van der Waals surface area contributed by atoms with E-state index in [9.17, 15) is 8.42 Å². The molecule has 0 unspecified atom stereocenters. The number of hydrogen-bond donors (Lipinski definition) is 2. The summed E-state index contributed by atoms with van der Waals surface area (Å²) in [5, 5.41) is 2.88. The van der Waals surface area contributed by atoms with Gasteiger partial charge in [0.05, 0.1) is 18.1 Å². The van der Waals surface area contributed by atoms with Gasteiger partial charge in [0.15, 0.2) is 15.8 Å². The molecule has 3 N–H and O–H groups in total. The first-order valence-electron chi connectivity index (χ1n) is 5.61. The van der Waals surface area contributed by atoms with Gasteiger partial charge in [-0.05, 0) is 0 Å². The van der Waals surface area contributed by atoms with Crippen molar-refractivity contribution in [2.24, 2.45) is 10.7 Å². The van der Waals surface area contributed by atoms with Crippen molar-refractivity contribution in [1.29, 1.82) is 0 Å². The Morgan fingerprint density at radius 1 is 1.47 bits per heavy atom. The van der Waals surface area contributed by atoms with Crippen LogP contribution in [0, 0.1) is 0 Å².